The number of carbonyl (C=O) groups excluding carboxylic acids is 3. The number of aliphatic hydroxyl groups excluding tert-OH is 1. The number of carbonyl (C=O) groups is 4. The van der Waals surface area contributed by atoms with Crippen LogP contribution in [0.15, 0.2) is 97.2 Å². The first kappa shape index (κ1) is 57.8. The van der Waals surface area contributed by atoms with Crippen molar-refractivity contribution >= 4 is 23.8 Å². The summed E-state index contributed by atoms with van der Waals surface area (Å²) in [5.41, 5.74) is 0. The van der Waals surface area contributed by atoms with Crippen molar-refractivity contribution < 1.29 is 34.1 Å². The summed E-state index contributed by atoms with van der Waals surface area (Å²) in [6.07, 6.45) is 61.5. The molecule has 0 aliphatic carbocycles. The summed E-state index contributed by atoms with van der Waals surface area (Å²) in [6, 6.07) is -1.39. The van der Waals surface area contributed by atoms with Gasteiger partial charge in [-0.1, -0.05) is 162 Å². The number of carboxylic acid groups (broad SMARTS) is 1. The number of nitrogens with one attached hydrogen (secondary N) is 2. The Morgan fingerprint density at radius 1 is 0.500 bits per heavy atom. The van der Waals surface area contributed by atoms with Crippen molar-refractivity contribution in [2.45, 2.75) is 199 Å². The largest absolute Gasteiger partial charge is 0.480 e. The molecule has 0 saturated heterocycles. The fraction of sp³-hybridized carbons (Fsp3) is 0.623. The van der Waals surface area contributed by atoms with Gasteiger partial charge in [-0.3, -0.25) is 14.4 Å². The minimum absolute atomic E-state index is 0.0843. The molecule has 0 spiro atoms. The zero-order chi connectivity index (χ0) is 45.4. The van der Waals surface area contributed by atoms with Crippen LogP contribution in [0.25, 0.3) is 0 Å². The van der Waals surface area contributed by atoms with E-state index < -0.39 is 24.5 Å². The number of unbranched alkanes of at least 4 members (excludes halogenated alkanes) is 12. The third-order valence-corrected chi connectivity index (χ3v) is 10.1. The number of amides is 2. The van der Waals surface area contributed by atoms with Crippen molar-refractivity contribution in [3.05, 3.63) is 97.2 Å². The second-order valence-corrected chi connectivity index (χ2v) is 15.8. The topological polar surface area (TPSA) is 142 Å². The minimum Gasteiger partial charge on any atom is -0.480 e. The minimum atomic E-state index is -1.39. The predicted molar refractivity (Wildman–Crippen MR) is 259 cm³/mol. The van der Waals surface area contributed by atoms with Crippen LogP contribution in [0, 0.1) is 0 Å². The summed E-state index contributed by atoms with van der Waals surface area (Å²) in [5.74, 6) is -2.42. The molecule has 0 radical (unpaired) electrons. The molecule has 9 heteroatoms. The third-order valence-electron chi connectivity index (χ3n) is 10.1. The summed E-state index contributed by atoms with van der Waals surface area (Å²) in [7, 11) is 0. The van der Waals surface area contributed by atoms with Gasteiger partial charge < -0.3 is 25.6 Å². The van der Waals surface area contributed by atoms with Gasteiger partial charge in [0.15, 0.2) is 0 Å². The average Bonchev–Trinajstić information content (AvgIpc) is 3.26. The first-order valence-electron chi connectivity index (χ1n) is 24.1. The fourth-order valence-corrected chi connectivity index (χ4v) is 6.42. The highest BCUT2D eigenvalue weighted by molar-refractivity contribution is 5.87. The molecule has 0 heterocycles. The van der Waals surface area contributed by atoms with Crippen molar-refractivity contribution in [1.82, 2.24) is 10.6 Å². The maximum absolute atomic E-state index is 12.8. The van der Waals surface area contributed by atoms with Gasteiger partial charge in [0.1, 0.15) is 12.1 Å². The summed E-state index contributed by atoms with van der Waals surface area (Å²) in [4.78, 5) is 47.7. The van der Waals surface area contributed by atoms with Crippen molar-refractivity contribution in [3.8, 4) is 0 Å². The maximum Gasteiger partial charge on any atom is 0.328 e. The molecule has 350 valence electrons. The lowest BCUT2D eigenvalue weighted by Gasteiger charge is -2.18. The number of ether oxygens (including phenoxy) is 1. The molecule has 4 N–H and O–H groups in total. The van der Waals surface area contributed by atoms with E-state index in [4.69, 9.17) is 14.9 Å². The van der Waals surface area contributed by atoms with E-state index in [0.717, 1.165) is 109 Å². The molecular formula is C53H86N2O7. The lowest BCUT2D eigenvalue weighted by molar-refractivity contribution is -0.149. The molecular weight excluding hydrogens is 777 g/mol. The number of aliphatic carboxylic acids is 1. The lowest BCUT2D eigenvalue weighted by Crippen LogP contribution is -2.47. The summed E-state index contributed by atoms with van der Waals surface area (Å²) >= 11 is 0. The molecule has 2 unspecified atom stereocenters. The number of aliphatic hydroxyl groups is 1. The first-order chi connectivity index (χ1) is 30.3. The Balaban J connectivity index is 4.53. The number of rotatable bonds is 42. The van der Waals surface area contributed by atoms with Crippen LogP contribution >= 0.6 is 0 Å². The van der Waals surface area contributed by atoms with Crippen LogP contribution in [0.5, 0.6) is 0 Å². The van der Waals surface area contributed by atoms with E-state index in [1.165, 1.54) is 38.5 Å². The van der Waals surface area contributed by atoms with Gasteiger partial charge in [-0.2, -0.15) is 0 Å². The van der Waals surface area contributed by atoms with Crippen LogP contribution in [0.2, 0.25) is 0 Å². The van der Waals surface area contributed by atoms with E-state index in [9.17, 15) is 19.2 Å². The Bertz CT molecular complexity index is 1360. The van der Waals surface area contributed by atoms with Gasteiger partial charge in [0.2, 0.25) is 11.8 Å². The molecule has 0 aliphatic rings. The molecule has 0 fully saturated rings. The normalized spacial score (nSPS) is 13.3. The summed E-state index contributed by atoms with van der Waals surface area (Å²) in [6.45, 7) is 3.34. The monoisotopic (exact) mass is 863 g/mol. The quantitative estimate of drug-likeness (QED) is 0.0272. The van der Waals surface area contributed by atoms with Crippen LogP contribution in [0.3, 0.4) is 0 Å². The van der Waals surface area contributed by atoms with E-state index in [0.29, 0.717) is 19.3 Å². The van der Waals surface area contributed by atoms with Gasteiger partial charge in [0, 0.05) is 12.8 Å². The number of hydrogen-bond donors (Lipinski definition) is 4. The van der Waals surface area contributed by atoms with Crippen LogP contribution in [-0.4, -0.2) is 59.3 Å². The fourth-order valence-electron chi connectivity index (χ4n) is 6.42. The average molecular weight is 863 g/mol. The van der Waals surface area contributed by atoms with Gasteiger partial charge >= 0.3 is 11.9 Å². The number of allylic oxidation sites excluding steroid dienone is 16. The van der Waals surface area contributed by atoms with Gasteiger partial charge in [0.05, 0.1) is 13.2 Å². The highest BCUT2D eigenvalue weighted by Crippen LogP contribution is 2.18. The maximum atomic E-state index is 12.8. The van der Waals surface area contributed by atoms with Crippen LogP contribution in [0.1, 0.15) is 187 Å². The Hall–Kier alpha value is -4.24. The van der Waals surface area contributed by atoms with E-state index in [-0.39, 0.29) is 30.9 Å². The number of hydrogen-bond acceptors (Lipinski definition) is 6. The molecule has 0 aliphatic heterocycles. The Labute approximate surface area is 377 Å². The van der Waals surface area contributed by atoms with Crippen molar-refractivity contribution in [2.75, 3.05) is 13.2 Å². The van der Waals surface area contributed by atoms with Gasteiger partial charge in [0.25, 0.3) is 0 Å². The van der Waals surface area contributed by atoms with Crippen LogP contribution < -0.4 is 10.6 Å². The Morgan fingerprint density at radius 2 is 0.935 bits per heavy atom. The second kappa shape index (κ2) is 46.3. The molecule has 0 rings (SSSR count). The predicted octanol–water partition coefficient (Wildman–Crippen LogP) is 12.6. The zero-order valence-electron chi connectivity index (χ0n) is 38.8. The van der Waals surface area contributed by atoms with E-state index in [2.05, 4.69) is 122 Å². The standard InChI is InChI=1S/C53H86N2O7/c1-3-5-7-9-11-13-15-17-19-20-21-22-24-26-28-30-32-37-41-45-52(59)62-48(42-38-34-31-29-27-25-23-18-16-14-12-10-8-6-4-2)43-39-35-33-36-40-44-50(57)54-46-51(58)55-49(47-56)53(60)61/h5,7,11,13,16-19,21-22,25-28,32,37,48-49,56H,3-4,6,8-10,12,14-15,20,23-24,29-31,33-36,38-47H2,1-2H3,(H,54,57)(H,55,58)(H,60,61)/b7-5-,13-11-,18-16-,19-17-,22-21-,27-25-,28-26-,37-32-. The molecule has 62 heavy (non-hydrogen) atoms. The van der Waals surface area contributed by atoms with E-state index >= 15 is 0 Å². The zero-order valence-corrected chi connectivity index (χ0v) is 38.8. The van der Waals surface area contributed by atoms with Gasteiger partial charge in [-0.15, -0.1) is 0 Å². The van der Waals surface area contributed by atoms with Crippen LogP contribution in [-0.2, 0) is 23.9 Å². The van der Waals surface area contributed by atoms with E-state index in [1.54, 1.807) is 0 Å². The molecule has 9 nitrogen and oxygen atoms in total. The SMILES string of the molecule is CC/C=C\C/C=C\C/C=C\C/C=C\C/C=C\C/C=C\CCC(=O)OC(CCCCC/C=C\C/C=C\CCCCCCC)CCCCCCCC(=O)NCC(=O)NC(CO)C(=O)O. The molecule has 0 saturated carbocycles. The molecule has 0 aromatic carbocycles. The van der Waals surface area contributed by atoms with Gasteiger partial charge in [-0.25, -0.2) is 4.79 Å². The molecule has 0 aromatic heterocycles. The molecule has 0 bridgehead atoms. The highest BCUT2D eigenvalue weighted by Gasteiger charge is 2.19. The highest BCUT2D eigenvalue weighted by atomic mass is 16.5. The smallest absolute Gasteiger partial charge is 0.328 e. The Kier molecular flexibility index (Phi) is 43.1. The Morgan fingerprint density at radius 3 is 1.44 bits per heavy atom. The summed E-state index contributed by atoms with van der Waals surface area (Å²) < 4.78 is 6.00. The molecule has 0 aromatic rings. The molecule has 2 atom stereocenters. The third kappa shape index (κ3) is 42.5. The molecule has 2 amide bonds. The van der Waals surface area contributed by atoms with E-state index in [1.807, 2.05) is 0 Å². The van der Waals surface area contributed by atoms with Crippen molar-refractivity contribution in [1.29, 1.82) is 0 Å². The van der Waals surface area contributed by atoms with Crippen molar-refractivity contribution in [2.24, 2.45) is 0 Å². The van der Waals surface area contributed by atoms with Gasteiger partial charge in [-0.05, 0) is 109 Å². The summed E-state index contributed by atoms with van der Waals surface area (Å²) in [5, 5.41) is 22.6. The number of carboxylic acids is 1. The van der Waals surface area contributed by atoms with Crippen LogP contribution in [0.4, 0.5) is 0 Å². The van der Waals surface area contributed by atoms with Crippen molar-refractivity contribution in [3.63, 3.8) is 0 Å². The second-order valence-electron chi connectivity index (χ2n) is 15.8. The lowest BCUT2D eigenvalue weighted by atomic mass is 10.0. The number of esters is 1. The first-order valence-corrected chi connectivity index (χ1v) is 24.1.